The number of carboxylic acid groups (broad SMARTS) is 1. The fraction of sp³-hybridized carbons (Fsp3) is 0.750. The van der Waals surface area contributed by atoms with Crippen LogP contribution < -0.4 is 5.73 Å². The molecule has 1 aliphatic rings. The van der Waals surface area contributed by atoms with Crippen molar-refractivity contribution in [1.82, 2.24) is 4.90 Å². The highest BCUT2D eigenvalue weighted by molar-refractivity contribution is 5.88. The van der Waals surface area contributed by atoms with Crippen molar-refractivity contribution in [2.75, 3.05) is 13.1 Å². The van der Waals surface area contributed by atoms with Crippen molar-refractivity contribution in [2.24, 2.45) is 23.5 Å². The molecule has 6 nitrogen and oxygen atoms in total. The molecule has 0 aliphatic heterocycles. The molecule has 18 heavy (non-hydrogen) atoms. The van der Waals surface area contributed by atoms with Crippen molar-refractivity contribution in [2.45, 2.75) is 26.7 Å². The number of rotatable bonds is 5. The van der Waals surface area contributed by atoms with Crippen molar-refractivity contribution in [3.63, 3.8) is 0 Å². The molecule has 0 aromatic heterocycles. The Morgan fingerprint density at radius 3 is 2.28 bits per heavy atom. The lowest BCUT2D eigenvalue weighted by Gasteiger charge is -2.24. The van der Waals surface area contributed by atoms with Crippen LogP contribution in [0.5, 0.6) is 0 Å². The van der Waals surface area contributed by atoms with E-state index in [0.29, 0.717) is 19.4 Å². The lowest BCUT2D eigenvalue weighted by molar-refractivity contribution is -0.149. The summed E-state index contributed by atoms with van der Waals surface area (Å²) in [5.41, 5.74) is 5.08. The van der Waals surface area contributed by atoms with Crippen LogP contribution in [-0.4, -0.2) is 40.9 Å². The predicted octanol–water partition coefficient (Wildman–Crippen LogP) is 0.0671. The molecule has 6 heteroatoms. The molecular weight excluding hydrogens is 236 g/mol. The fourth-order valence-corrected chi connectivity index (χ4v) is 2.61. The van der Waals surface area contributed by atoms with E-state index in [1.54, 1.807) is 6.92 Å². The minimum Gasteiger partial charge on any atom is -0.481 e. The highest BCUT2D eigenvalue weighted by atomic mass is 16.4. The first-order chi connectivity index (χ1) is 8.36. The van der Waals surface area contributed by atoms with Gasteiger partial charge in [0.25, 0.3) is 0 Å². The number of hydrogen-bond acceptors (Lipinski definition) is 3. The number of hydrogen-bond donors (Lipinski definition) is 2. The number of carboxylic acids is 1. The van der Waals surface area contributed by atoms with Gasteiger partial charge >= 0.3 is 5.97 Å². The van der Waals surface area contributed by atoms with Crippen LogP contribution in [0.2, 0.25) is 0 Å². The topological polar surface area (TPSA) is 101 Å². The summed E-state index contributed by atoms with van der Waals surface area (Å²) >= 11 is 0. The second-order valence-corrected chi connectivity index (χ2v) is 4.95. The summed E-state index contributed by atoms with van der Waals surface area (Å²) in [7, 11) is 0. The standard InChI is InChI=1S/C12H20N2O4/c1-3-14(6-10(13)15)11(16)8-4-7(2)5-9(8)12(17)18/h7-9H,3-6H2,1-2H3,(H2,13,15)(H,17,18). The SMILES string of the molecule is CCN(CC(N)=O)C(=O)C1CC(C)CC1C(=O)O. The minimum atomic E-state index is -0.937. The first kappa shape index (κ1) is 14.5. The van der Waals surface area contributed by atoms with E-state index in [2.05, 4.69) is 0 Å². The van der Waals surface area contributed by atoms with Crippen molar-refractivity contribution >= 4 is 17.8 Å². The summed E-state index contributed by atoms with van der Waals surface area (Å²) in [5, 5.41) is 9.12. The van der Waals surface area contributed by atoms with Crippen LogP contribution in [0.4, 0.5) is 0 Å². The first-order valence-corrected chi connectivity index (χ1v) is 6.16. The summed E-state index contributed by atoms with van der Waals surface area (Å²) in [6, 6.07) is 0. The number of carbonyl (C=O) groups is 3. The highest BCUT2D eigenvalue weighted by Gasteiger charge is 2.42. The molecule has 3 N–H and O–H groups in total. The summed E-state index contributed by atoms with van der Waals surface area (Å²) in [4.78, 5) is 35.6. The van der Waals surface area contributed by atoms with E-state index >= 15 is 0 Å². The van der Waals surface area contributed by atoms with E-state index in [0.717, 1.165) is 0 Å². The van der Waals surface area contributed by atoms with E-state index in [1.165, 1.54) is 4.90 Å². The van der Waals surface area contributed by atoms with Gasteiger partial charge in [0.1, 0.15) is 0 Å². The van der Waals surface area contributed by atoms with Crippen LogP contribution in [0.3, 0.4) is 0 Å². The molecule has 1 rings (SSSR count). The molecular formula is C12H20N2O4. The maximum Gasteiger partial charge on any atom is 0.307 e. The monoisotopic (exact) mass is 256 g/mol. The van der Waals surface area contributed by atoms with Gasteiger partial charge in [-0.05, 0) is 25.7 Å². The van der Waals surface area contributed by atoms with E-state index in [1.807, 2.05) is 6.92 Å². The van der Waals surface area contributed by atoms with Gasteiger partial charge in [0, 0.05) is 6.54 Å². The second-order valence-electron chi connectivity index (χ2n) is 4.95. The van der Waals surface area contributed by atoms with Crippen LogP contribution in [0.1, 0.15) is 26.7 Å². The fourth-order valence-electron chi connectivity index (χ4n) is 2.61. The Balaban J connectivity index is 2.80. The lowest BCUT2D eigenvalue weighted by atomic mass is 9.94. The number of nitrogens with zero attached hydrogens (tertiary/aromatic N) is 1. The van der Waals surface area contributed by atoms with Crippen LogP contribution in [0.25, 0.3) is 0 Å². The third-order valence-electron chi connectivity index (χ3n) is 3.47. The molecule has 0 saturated heterocycles. The Hall–Kier alpha value is -1.59. The average molecular weight is 256 g/mol. The Morgan fingerprint density at radius 2 is 1.83 bits per heavy atom. The molecule has 0 radical (unpaired) electrons. The van der Waals surface area contributed by atoms with Crippen LogP contribution in [0.15, 0.2) is 0 Å². The molecule has 0 bridgehead atoms. The molecule has 1 saturated carbocycles. The Bertz CT molecular complexity index is 356. The largest absolute Gasteiger partial charge is 0.481 e. The summed E-state index contributed by atoms with van der Waals surface area (Å²) in [6.07, 6.45) is 1.07. The van der Waals surface area contributed by atoms with E-state index in [-0.39, 0.29) is 18.4 Å². The molecule has 1 aliphatic carbocycles. The Labute approximate surface area is 106 Å². The number of carbonyl (C=O) groups excluding carboxylic acids is 2. The summed E-state index contributed by atoms with van der Waals surface area (Å²) in [5.74, 6) is -2.75. The zero-order valence-electron chi connectivity index (χ0n) is 10.8. The molecule has 0 aromatic rings. The molecule has 3 atom stereocenters. The predicted molar refractivity (Wildman–Crippen MR) is 64.5 cm³/mol. The minimum absolute atomic E-state index is 0.146. The molecule has 0 aromatic carbocycles. The van der Waals surface area contributed by atoms with E-state index in [9.17, 15) is 14.4 Å². The lowest BCUT2D eigenvalue weighted by Crippen LogP contribution is -2.43. The van der Waals surface area contributed by atoms with Gasteiger partial charge in [-0.3, -0.25) is 14.4 Å². The van der Waals surface area contributed by atoms with Gasteiger partial charge in [0.2, 0.25) is 11.8 Å². The van der Waals surface area contributed by atoms with Gasteiger partial charge in [-0.15, -0.1) is 0 Å². The van der Waals surface area contributed by atoms with Gasteiger partial charge in [0.15, 0.2) is 0 Å². The van der Waals surface area contributed by atoms with Gasteiger partial charge < -0.3 is 15.7 Å². The van der Waals surface area contributed by atoms with Gasteiger partial charge in [-0.1, -0.05) is 6.92 Å². The number of primary amides is 1. The normalized spacial score (nSPS) is 26.9. The van der Waals surface area contributed by atoms with Crippen molar-refractivity contribution < 1.29 is 19.5 Å². The van der Waals surface area contributed by atoms with Gasteiger partial charge in [-0.2, -0.15) is 0 Å². The number of nitrogens with two attached hydrogens (primary N) is 1. The average Bonchev–Trinajstić information content (AvgIpc) is 2.67. The Morgan fingerprint density at radius 1 is 1.28 bits per heavy atom. The molecule has 0 heterocycles. The van der Waals surface area contributed by atoms with Crippen LogP contribution in [0, 0.1) is 17.8 Å². The smallest absolute Gasteiger partial charge is 0.307 e. The van der Waals surface area contributed by atoms with E-state index in [4.69, 9.17) is 10.8 Å². The summed E-state index contributed by atoms with van der Waals surface area (Å²) < 4.78 is 0. The van der Waals surface area contributed by atoms with Crippen LogP contribution in [-0.2, 0) is 14.4 Å². The van der Waals surface area contributed by atoms with Crippen LogP contribution >= 0.6 is 0 Å². The maximum absolute atomic E-state index is 12.2. The van der Waals surface area contributed by atoms with Gasteiger partial charge in [0.05, 0.1) is 18.4 Å². The Kier molecular flexibility index (Phi) is 4.69. The van der Waals surface area contributed by atoms with Crippen molar-refractivity contribution in [1.29, 1.82) is 0 Å². The number of likely N-dealkylation sites (N-methyl/N-ethyl adjacent to an activating group) is 1. The van der Waals surface area contributed by atoms with Crippen molar-refractivity contribution in [3.05, 3.63) is 0 Å². The zero-order valence-corrected chi connectivity index (χ0v) is 10.8. The van der Waals surface area contributed by atoms with E-state index < -0.39 is 23.7 Å². The van der Waals surface area contributed by atoms with Gasteiger partial charge in [-0.25, -0.2) is 0 Å². The highest BCUT2D eigenvalue weighted by Crippen LogP contribution is 2.37. The molecule has 2 amide bonds. The number of aliphatic carboxylic acids is 1. The third-order valence-corrected chi connectivity index (χ3v) is 3.47. The maximum atomic E-state index is 12.2. The molecule has 1 fully saturated rings. The van der Waals surface area contributed by atoms with Crippen molar-refractivity contribution in [3.8, 4) is 0 Å². The molecule has 3 unspecified atom stereocenters. The quantitative estimate of drug-likeness (QED) is 0.726. The summed E-state index contributed by atoms with van der Waals surface area (Å²) in [6.45, 7) is 3.90. The molecule has 0 spiro atoms. The second kappa shape index (κ2) is 5.84. The molecule has 102 valence electrons. The zero-order chi connectivity index (χ0) is 13.9. The number of amides is 2. The third kappa shape index (κ3) is 3.21. The first-order valence-electron chi connectivity index (χ1n) is 6.16.